The quantitative estimate of drug-likeness (QED) is 0.516. The van der Waals surface area contributed by atoms with Crippen molar-refractivity contribution in [3.05, 3.63) is 40.4 Å². The van der Waals surface area contributed by atoms with Gasteiger partial charge in [-0.15, -0.1) is 0 Å². The number of nitrogens with one attached hydrogen (secondary N) is 1. The standard InChI is InChI=1S/C21H26ClN3O6/c22-14-3-4-15(23-9-14)12-31-16-5-1-13(2-6-16)11-25-8-7-17(26)19(21(25)30)20(29)24-10-18(27)28/h3-4,9,13,16,26H,1-2,5-8,10-12H2,(H,24,29)(H,27,28)/t13-,16-. The first-order valence-corrected chi connectivity index (χ1v) is 10.6. The molecule has 0 saturated heterocycles. The van der Waals surface area contributed by atoms with E-state index in [1.165, 1.54) is 0 Å². The number of halogens is 1. The molecule has 1 aliphatic heterocycles. The highest BCUT2D eigenvalue weighted by molar-refractivity contribution is 6.30. The third-order valence-electron chi connectivity index (χ3n) is 5.56. The summed E-state index contributed by atoms with van der Waals surface area (Å²) in [6.07, 6.45) is 5.41. The van der Waals surface area contributed by atoms with E-state index >= 15 is 0 Å². The van der Waals surface area contributed by atoms with Gasteiger partial charge in [-0.1, -0.05) is 11.6 Å². The summed E-state index contributed by atoms with van der Waals surface area (Å²) in [6.45, 7) is 0.640. The maximum atomic E-state index is 12.7. The fourth-order valence-electron chi connectivity index (χ4n) is 3.88. The van der Waals surface area contributed by atoms with Gasteiger partial charge in [-0.2, -0.15) is 0 Å². The lowest BCUT2D eigenvalue weighted by atomic mass is 9.86. The Morgan fingerprint density at radius 1 is 1.26 bits per heavy atom. The number of amides is 2. The van der Waals surface area contributed by atoms with Crippen LogP contribution in [-0.2, 0) is 25.7 Å². The average Bonchev–Trinajstić information content (AvgIpc) is 2.75. The number of carbonyl (C=O) groups excluding carboxylic acids is 2. The topological polar surface area (TPSA) is 129 Å². The predicted octanol–water partition coefficient (Wildman–Crippen LogP) is 2.06. The molecule has 0 radical (unpaired) electrons. The summed E-state index contributed by atoms with van der Waals surface area (Å²) in [5, 5.41) is 21.4. The number of carboxylic acids is 1. The summed E-state index contributed by atoms with van der Waals surface area (Å²) < 4.78 is 5.95. The molecular weight excluding hydrogens is 426 g/mol. The minimum absolute atomic E-state index is 0.132. The van der Waals surface area contributed by atoms with Gasteiger partial charge < -0.3 is 25.2 Å². The number of aliphatic hydroxyl groups is 1. The third-order valence-corrected chi connectivity index (χ3v) is 5.79. The Morgan fingerprint density at radius 2 is 2.00 bits per heavy atom. The molecule has 2 heterocycles. The lowest BCUT2D eigenvalue weighted by Gasteiger charge is -2.34. The molecule has 1 saturated carbocycles. The van der Waals surface area contributed by atoms with Gasteiger partial charge in [-0.3, -0.25) is 19.4 Å². The molecule has 9 nitrogen and oxygen atoms in total. The maximum absolute atomic E-state index is 12.7. The van der Waals surface area contributed by atoms with Gasteiger partial charge in [0.1, 0.15) is 17.9 Å². The van der Waals surface area contributed by atoms with Crippen LogP contribution in [0.3, 0.4) is 0 Å². The summed E-state index contributed by atoms with van der Waals surface area (Å²) in [7, 11) is 0. The van der Waals surface area contributed by atoms with Crippen LogP contribution in [0, 0.1) is 5.92 Å². The minimum Gasteiger partial charge on any atom is -0.511 e. The summed E-state index contributed by atoms with van der Waals surface area (Å²) in [4.78, 5) is 41.3. The van der Waals surface area contributed by atoms with Crippen molar-refractivity contribution < 1.29 is 29.3 Å². The lowest BCUT2D eigenvalue weighted by Crippen LogP contribution is -2.45. The van der Waals surface area contributed by atoms with Crippen LogP contribution < -0.4 is 5.32 Å². The van der Waals surface area contributed by atoms with E-state index in [-0.39, 0.29) is 29.8 Å². The van der Waals surface area contributed by atoms with E-state index in [0.29, 0.717) is 24.7 Å². The number of carbonyl (C=O) groups is 3. The van der Waals surface area contributed by atoms with Crippen molar-refractivity contribution in [1.29, 1.82) is 0 Å². The molecule has 1 fully saturated rings. The number of rotatable bonds is 8. The smallest absolute Gasteiger partial charge is 0.322 e. The molecule has 3 rings (SSSR count). The van der Waals surface area contributed by atoms with Crippen LogP contribution in [0.5, 0.6) is 0 Å². The minimum atomic E-state index is -1.22. The van der Waals surface area contributed by atoms with E-state index in [4.69, 9.17) is 21.4 Å². The van der Waals surface area contributed by atoms with E-state index in [9.17, 15) is 19.5 Å². The van der Waals surface area contributed by atoms with Crippen molar-refractivity contribution in [2.75, 3.05) is 19.6 Å². The molecule has 1 aliphatic carbocycles. The molecule has 1 aromatic heterocycles. The summed E-state index contributed by atoms with van der Waals surface area (Å²) >= 11 is 5.84. The monoisotopic (exact) mass is 451 g/mol. The number of ether oxygens (including phenoxy) is 1. The van der Waals surface area contributed by atoms with Crippen molar-refractivity contribution in [3.8, 4) is 0 Å². The molecule has 2 amide bonds. The fraction of sp³-hybridized carbons (Fsp3) is 0.524. The first-order valence-electron chi connectivity index (χ1n) is 10.3. The zero-order valence-electron chi connectivity index (χ0n) is 17.1. The van der Waals surface area contributed by atoms with Crippen LogP contribution in [0.15, 0.2) is 29.7 Å². The van der Waals surface area contributed by atoms with Crippen molar-refractivity contribution in [1.82, 2.24) is 15.2 Å². The molecule has 0 atom stereocenters. The SMILES string of the molecule is O=C(O)CNC(=O)C1=C(O)CCN(C[C@H]2CC[C@H](OCc3ccc(Cl)cn3)CC2)C1=O. The second-order valence-corrected chi connectivity index (χ2v) is 8.26. The van der Waals surface area contributed by atoms with Crippen LogP contribution in [0.4, 0.5) is 0 Å². The average molecular weight is 452 g/mol. The number of hydrogen-bond donors (Lipinski definition) is 3. The summed E-state index contributed by atoms with van der Waals surface area (Å²) in [5.41, 5.74) is 0.464. The van der Waals surface area contributed by atoms with Gasteiger partial charge >= 0.3 is 5.97 Å². The molecule has 1 aromatic rings. The first kappa shape index (κ1) is 23.0. The Kier molecular flexibility index (Phi) is 7.86. The molecule has 0 bridgehead atoms. The van der Waals surface area contributed by atoms with Crippen LogP contribution in [-0.4, -0.2) is 63.6 Å². The van der Waals surface area contributed by atoms with Gasteiger partial charge in [-0.25, -0.2) is 0 Å². The van der Waals surface area contributed by atoms with Crippen molar-refractivity contribution in [2.24, 2.45) is 5.92 Å². The van der Waals surface area contributed by atoms with E-state index in [0.717, 1.165) is 31.4 Å². The highest BCUT2D eigenvalue weighted by Crippen LogP contribution is 2.29. The van der Waals surface area contributed by atoms with Crippen LogP contribution in [0.2, 0.25) is 5.02 Å². The molecule has 2 aliphatic rings. The van der Waals surface area contributed by atoms with E-state index < -0.39 is 24.3 Å². The number of carboxylic acid groups (broad SMARTS) is 1. The highest BCUT2D eigenvalue weighted by atomic mass is 35.5. The number of hydrogen-bond acceptors (Lipinski definition) is 6. The lowest BCUT2D eigenvalue weighted by molar-refractivity contribution is -0.138. The Bertz CT molecular complexity index is 849. The van der Waals surface area contributed by atoms with Crippen LogP contribution in [0.25, 0.3) is 0 Å². The Morgan fingerprint density at radius 3 is 2.65 bits per heavy atom. The molecule has 0 aromatic carbocycles. The van der Waals surface area contributed by atoms with Crippen LogP contribution in [0.1, 0.15) is 37.8 Å². The maximum Gasteiger partial charge on any atom is 0.322 e. The van der Waals surface area contributed by atoms with Gasteiger partial charge in [0.25, 0.3) is 11.8 Å². The van der Waals surface area contributed by atoms with Crippen molar-refractivity contribution in [3.63, 3.8) is 0 Å². The van der Waals surface area contributed by atoms with Gasteiger partial charge in [0, 0.05) is 25.7 Å². The Balaban J connectivity index is 1.46. The molecule has 31 heavy (non-hydrogen) atoms. The molecule has 168 valence electrons. The van der Waals surface area contributed by atoms with Crippen molar-refractivity contribution in [2.45, 2.75) is 44.8 Å². The number of nitrogens with zero attached hydrogens (tertiary/aromatic N) is 2. The van der Waals surface area contributed by atoms with E-state index in [2.05, 4.69) is 10.3 Å². The Hall–Kier alpha value is -2.65. The number of aliphatic carboxylic acids is 1. The number of aromatic nitrogens is 1. The zero-order valence-corrected chi connectivity index (χ0v) is 17.8. The molecule has 10 heteroatoms. The molecule has 3 N–H and O–H groups in total. The van der Waals surface area contributed by atoms with Gasteiger partial charge in [0.05, 0.1) is 23.4 Å². The number of aliphatic hydroxyl groups excluding tert-OH is 1. The summed E-state index contributed by atoms with van der Waals surface area (Å²) in [5.74, 6) is -2.65. The Labute approximate surface area is 185 Å². The van der Waals surface area contributed by atoms with Gasteiger partial charge in [0.15, 0.2) is 0 Å². The first-order chi connectivity index (χ1) is 14.8. The zero-order chi connectivity index (χ0) is 22.4. The highest BCUT2D eigenvalue weighted by Gasteiger charge is 2.34. The second-order valence-electron chi connectivity index (χ2n) is 7.82. The molecule has 0 unspecified atom stereocenters. The van der Waals surface area contributed by atoms with E-state index in [1.807, 2.05) is 6.07 Å². The van der Waals surface area contributed by atoms with E-state index in [1.54, 1.807) is 17.2 Å². The molecular formula is C21H26ClN3O6. The number of pyridine rings is 1. The van der Waals surface area contributed by atoms with Crippen molar-refractivity contribution >= 4 is 29.4 Å². The fourth-order valence-corrected chi connectivity index (χ4v) is 4.00. The largest absolute Gasteiger partial charge is 0.511 e. The predicted molar refractivity (Wildman–Crippen MR) is 111 cm³/mol. The van der Waals surface area contributed by atoms with Gasteiger partial charge in [-0.05, 0) is 43.7 Å². The normalized spacial score (nSPS) is 21.8. The summed E-state index contributed by atoms with van der Waals surface area (Å²) in [6, 6.07) is 3.62. The molecule has 0 spiro atoms. The second kappa shape index (κ2) is 10.6. The third kappa shape index (κ3) is 6.41. The van der Waals surface area contributed by atoms with Gasteiger partial charge in [0.2, 0.25) is 0 Å². The van der Waals surface area contributed by atoms with Crippen LogP contribution >= 0.6 is 11.6 Å².